The van der Waals surface area contributed by atoms with Crippen molar-refractivity contribution < 1.29 is 4.79 Å². The number of Topliss-reactive ketones (excluding diaryl/α,β-unsaturated/α-hetero) is 1. The molecule has 16 heavy (non-hydrogen) atoms. The van der Waals surface area contributed by atoms with Gasteiger partial charge < -0.3 is 0 Å². The minimum atomic E-state index is -0.139. The Hall–Kier alpha value is -1.81. The van der Waals surface area contributed by atoms with Crippen molar-refractivity contribution >= 4 is 17.4 Å². The maximum atomic E-state index is 11.4. The van der Waals surface area contributed by atoms with E-state index in [0.29, 0.717) is 22.1 Å². The van der Waals surface area contributed by atoms with Crippen molar-refractivity contribution in [2.75, 3.05) is 0 Å². The van der Waals surface area contributed by atoms with Gasteiger partial charge in [-0.15, -0.1) is 0 Å². The number of ketones is 1. The molecule has 0 aromatic carbocycles. The average molecular weight is 234 g/mol. The molecule has 0 amide bonds. The van der Waals surface area contributed by atoms with Gasteiger partial charge in [-0.05, 0) is 12.1 Å². The average Bonchev–Trinajstić information content (AvgIpc) is 2.30. The minimum Gasteiger partial charge on any atom is -0.293 e. The SMILES string of the molecule is CC(=O)c1nccnc1-c1ccc(Cl)cn1. The highest BCUT2D eigenvalue weighted by Gasteiger charge is 2.12. The van der Waals surface area contributed by atoms with E-state index in [1.165, 1.54) is 25.5 Å². The molecule has 0 aliphatic heterocycles. The third kappa shape index (κ3) is 2.06. The first kappa shape index (κ1) is 10.7. The van der Waals surface area contributed by atoms with E-state index in [4.69, 9.17) is 11.6 Å². The summed E-state index contributed by atoms with van der Waals surface area (Å²) >= 11 is 5.74. The normalized spacial score (nSPS) is 10.1. The van der Waals surface area contributed by atoms with Gasteiger partial charge in [-0.1, -0.05) is 11.6 Å². The monoisotopic (exact) mass is 233 g/mol. The molecule has 4 nitrogen and oxygen atoms in total. The molecule has 0 aliphatic carbocycles. The van der Waals surface area contributed by atoms with Crippen molar-refractivity contribution in [1.82, 2.24) is 15.0 Å². The van der Waals surface area contributed by atoms with E-state index in [1.54, 1.807) is 12.1 Å². The van der Waals surface area contributed by atoms with Crippen molar-refractivity contribution in [2.24, 2.45) is 0 Å². The topological polar surface area (TPSA) is 55.7 Å². The van der Waals surface area contributed by atoms with Gasteiger partial charge in [0.15, 0.2) is 5.78 Å². The Labute approximate surface area is 97.3 Å². The van der Waals surface area contributed by atoms with Crippen LogP contribution in [0.3, 0.4) is 0 Å². The van der Waals surface area contributed by atoms with Crippen LogP contribution in [0.15, 0.2) is 30.7 Å². The summed E-state index contributed by atoms with van der Waals surface area (Å²) in [5.41, 5.74) is 1.38. The first-order valence-corrected chi connectivity index (χ1v) is 5.00. The predicted octanol–water partition coefficient (Wildman–Crippen LogP) is 2.39. The van der Waals surface area contributed by atoms with Gasteiger partial charge in [0.1, 0.15) is 11.4 Å². The molecular formula is C11H8ClN3O. The van der Waals surface area contributed by atoms with Crippen molar-refractivity contribution in [1.29, 1.82) is 0 Å². The van der Waals surface area contributed by atoms with Crippen LogP contribution in [0.25, 0.3) is 11.4 Å². The van der Waals surface area contributed by atoms with Crippen LogP contribution in [0.1, 0.15) is 17.4 Å². The summed E-state index contributed by atoms with van der Waals surface area (Å²) in [5, 5.41) is 0.539. The molecule has 5 heteroatoms. The lowest BCUT2D eigenvalue weighted by Gasteiger charge is -2.03. The van der Waals surface area contributed by atoms with Crippen molar-refractivity contribution in [3.05, 3.63) is 41.4 Å². The van der Waals surface area contributed by atoms with E-state index in [1.807, 2.05) is 0 Å². The number of halogens is 1. The number of nitrogens with zero attached hydrogens (tertiary/aromatic N) is 3. The molecule has 0 atom stereocenters. The molecular weight excluding hydrogens is 226 g/mol. The van der Waals surface area contributed by atoms with E-state index in [0.717, 1.165) is 0 Å². The highest BCUT2D eigenvalue weighted by molar-refractivity contribution is 6.30. The molecule has 0 N–H and O–H groups in total. The van der Waals surface area contributed by atoms with Crippen LogP contribution in [0.2, 0.25) is 5.02 Å². The van der Waals surface area contributed by atoms with Gasteiger partial charge in [-0.25, -0.2) is 4.98 Å². The fraction of sp³-hybridized carbons (Fsp3) is 0.0909. The Morgan fingerprint density at radius 2 is 1.94 bits per heavy atom. The zero-order chi connectivity index (χ0) is 11.5. The Bertz CT molecular complexity index is 525. The molecule has 0 saturated carbocycles. The zero-order valence-corrected chi connectivity index (χ0v) is 9.27. The predicted molar refractivity (Wildman–Crippen MR) is 60.3 cm³/mol. The van der Waals surface area contributed by atoms with Gasteiger partial charge in [0.2, 0.25) is 0 Å². The van der Waals surface area contributed by atoms with Crippen molar-refractivity contribution in [3.8, 4) is 11.4 Å². The van der Waals surface area contributed by atoms with E-state index in [2.05, 4.69) is 15.0 Å². The summed E-state index contributed by atoms with van der Waals surface area (Å²) in [6.45, 7) is 1.45. The summed E-state index contributed by atoms with van der Waals surface area (Å²) < 4.78 is 0. The molecule has 0 aliphatic rings. The molecule has 2 aromatic rings. The Balaban J connectivity index is 2.55. The standard InChI is InChI=1S/C11H8ClN3O/c1-7(16)10-11(14-5-4-13-10)9-3-2-8(12)6-15-9/h2-6H,1H3. The van der Waals surface area contributed by atoms with Crippen LogP contribution in [0.5, 0.6) is 0 Å². The number of hydrogen-bond donors (Lipinski definition) is 0. The molecule has 0 unspecified atom stereocenters. The molecule has 2 heterocycles. The van der Waals surface area contributed by atoms with Crippen LogP contribution >= 0.6 is 11.6 Å². The van der Waals surface area contributed by atoms with Gasteiger partial charge in [-0.3, -0.25) is 14.8 Å². The third-order valence-electron chi connectivity index (χ3n) is 2.00. The molecule has 0 spiro atoms. The first-order chi connectivity index (χ1) is 7.68. The van der Waals surface area contributed by atoms with Crippen LogP contribution in [0, 0.1) is 0 Å². The molecule has 80 valence electrons. The Morgan fingerprint density at radius 3 is 2.56 bits per heavy atom. The second-order valence-electron chi connectivity index (χ2n) is 3.17. The highest BCUT2D eigenvalue weighted by Crippen LogP contribution is 2.19. The lowest BCUT2D eigenvalue weighted by molar-refractivity contribution is 0.101. The largest absolute Gasteiger partial charge is 0.293 e. The van der Waals surface area contributed by atoms with Crippen LogP contribution in [-0.2, 0) is 0 Å². The molecule has 2 rings (SSSR count). The van der Waals surface area contributed by atoms with Gasteiger partial charge in [0, 0.05) is 25.5 Å². The smallest absolute Gasteiger partial charge is 0.180 e. The second-order valence-corrected chi connectivity index (χ2v) is 3.61. The van der Waals surface area contributed by atoms with Gasteiger partial charge in [0.25, 0.3) is 0 Å². The number of hydrogen-bond acceptors (Lipinski definition) is 4. The maximum Gasteiger partial charge on any atom is 0.180 e. The highest BCUT2D eigenvalue weighted by atomic mass is 35.5. The van der Waals surface area contributed by atoms with Gasteiger partial charge >= 0.3 is 0 Å². The van der Waals surface area contributed by atoms with E-state index in [-0.39, 0.29) is 5.78 Å². The maximum absolute atomic E-state index is 11.4. The Morgan fingerprint density at radius 1 is 1.19 bits per heavy atom. The van der Waals surface area contributed by atoms with Gasteiger partial charge in [-0.2, -0.15) is 0 Å². The fourth-order valence-corrected chi connectivity index (χ4v) is 1.41. The van der Waals surface area contributed by atoms with E-state index < -0.39 is 0 Å². The summed E-state index contributed by atoms with van der Waals surface area (Å²) in [6, 6.07) is 3.40. The fourth-order valence-electron chi connectivity index (χ4n) is 1.30. The second kappa shape index (κ2) is 4.37. The van der Waals surface area contributed by atoms with E-state index >= 15 is 0 Å². The van der Waals surface area contributed by atoms with Crippen molar-refractivity contribution in [2.45, 2.75) is 6.92 Å². The minimum absolute atomic E-state index is 0.139. The molecule has 0 fully saturated rings. The number of carbonyl (C=O) groups excluding carboxylic acids is 1. The summed E-state index contributed by atoms with van der Waals surface area (Å²) in [5.74, 6) is -0.139. The lowest BCUT2D eigenvalue weighted by atomic mass is 10.2. The Kier molecular flexibility index (Phi) is 2.92. The number of carbonyl (C=O) groups is 1. The van der Waals surface area contributed by atoms with Crippen LogP contribution < -0.4 is 0 Å². The molecule has 0 bridgehead atoms. The number of pyridine rings is 1. The molecule has 2 aromatic heterocycles. The summed E-state index contributed by atoms with van der Waals surface area (Å²) in [7, 11) is 0. The molecule has 0 saturated heterocycles. The lowest BCUT2D eigenvalue weighted by Crippen LogP contribution is -2.02. The van der Waals surface area contributed by atoms with Crippen LogP contribution in [-0.4, -0.2) is 20.7 Å². The number of rotatable bonds is 2. The van der Waals surface area contributed by atoms with E-state index in [9.17, 15) is 4.79 Å². The van der Waals surface area contributed by atoms with Gasteiger partial charge in [0.05, 0.1) is 10.7 Å². The third-order valence-corrected chi connectivity index (χ3v) is 2.23. The van der Waals surface area contributed by atoms with Crippen LogP contribution in [0.4, 0.5) is 0 Å². The zero-order valence-electron chi connectivity index (χ0n) is 8.51. The quantitative estimate of drug-likeness (QED) is 0.748. The van der Waals surface area contributed by atoms with Crippen molar-refractivity contribution in [3.63, 3.8) is 0 Å². The molecule has 0 radical (unpaired) electrons. The summed E-state index contributed by atoms with van der Waals surface area (Å²) in [4.78, 5) is 23.6. The first-order valence-electron chi connectivity index (χ1n) is 4.62. The number of aromatic nitrogens is 3. The summed E-state index contributed by atoms with van der Waals surface area (Å²) in [6.07, 6.45) is 4.52.